The maximum atomic E-state index is 10.3. The summed E-state index contributed by atoms with van der Waals surface area (Å²) in [6.07, 6.45) is 0.787. The van der Waals surface area contributed by atoms with Crippen LogP contribution in [0.3, 0.4) is 0 Å². The van der Waals surface area contributed by atoms with Gasteiger partial charge in [-0.25, -0.2) is 0 Å². The smallest absolute Gasteiger partial charge is 0.160 e. The number of aliphatic hydroxyl groups excluding tert-OH is 1. The Morgan fingerprint density at radius 1 is 1.08 bits per heavy atom. The standard InChI is InChI=1S/C21H27NO3/c1-15-4-7-17(8-5-15)18-12-22-13-21(18,14-23)11-16-6-9-19(24-2)20(10-16)25-3/h4-10,18,22-23H,11-14H2,1-3H3. The lowest BCUT2D eigenvalue weighted by Crippen LogP contribution is -2.35. The minimum atomic E-state index is -0.213. The Morgan fingerprint density at radius 3 is 2.44 bits per heavy atom. The van der Waals surface area contributed by atoms with E-state index >= 15 is 0 Å². The summed E-state index contributed by atoms with van der Waals surface area (Å²) in [7, 11) is 3.29. The van der Waals surface area contributed by atoms with Gasteiger partial charge in [0.1, 0.15) is 0 Å². The third-order valence-electron chi connectivity index (χ3n) is 5.36. The Kier molecular flexibility index (Phi) is 5.30. The SMILES string of the molecule is COc1ccc(CC2(CO)CNCC2c2ccc(C)cc2)cc1OC. The molecule has 4 nitrogen and oxygen atoms in total. The number of ether oxygens (including phenoxy) is 2. The molecular weight excluding hydrogens is 314 g/mol. The van der Waals surface area contributed by atoms with E-state index in [9.17, 15) is 5.11 Å². The number of aliphatic hydroxyl groups is 1. The van der Waals surface area contributed by atoms with Gasteiger partial charge in [-0.3, -0.25) is 0 Å². The molecule has 2 aromatic carbocycles. The molecule has 3 rings (SSSR count). The number of rotatable bonds is 6. The summed E-state index contributed by atoms with van der Waals surface area (Å²) in [4.78, 5) is 0. The summed E-state index contributed by atoms with van der Waals surface area (Å²) in [6, 6.07) is 14.7. The predicted octanol–water partition coefficient (Wildman–Crippen LogP) is 2.92. The topological polar surface area (TPSA) is 50.7 Å². The normalized spacial score (nSPS) is 22.8. The van der Waals surface area contributed by atoms with Gasteiger partial charge in [-0.2, -0.15) is 0 Å². The molecule has 1 aliphatic rings. The summed E-state index contributed by atoms with van der Waals surface area (Å²) < 4.78 is 10.8. The highest BCUT2D eigenvalue weighted by molar-refractivity contribution is 5.43. The third-order valence-corrected chi connectivity index (χ3v) is 5.36. The van der Waals surface area contributed by atoms with Crippen LogP contribution in [-0.4, -0.2) is 39.0 Å². The summed E-state index contributed by atoms with van der Waals surface area (Å²) >= 11 is 0. The second kappa shape index (κ2) is 7.46. The molecule has 1 saturated heterocycles. The van der Waals surface area contributed by atoms with Gasteiger partial charge in [-0.1, -0.05) is 35.9 Å². The van der Waals surface area contributed by atoms with Gasteiger partial charge in [0.05, 0.1) is 20.8 Å². The minimum absolute atomic E-state index is 0.146. The summed E-state index contributed by atoms with van der Waals surface area (Å²) in [5.41, 5.74) is 3.47. The molecule has 0 amide bonds. The van der Waals surface area contributed by atoms with Crippen LogP contribution >= 0.6 is 0 Å². The predicted molar refractivity (Wildman–Crippen MR) is 99.6 cm³/mol. The van der Waals surface area contributed by atoms with Crippen LogP contribution in [0.2, 0.25) is 0 Å². The molecule has 0 radical (unpaired) electrons. The number of hydrogen-bond donors (Lipinski definition) is 2. The Morgan fingerprint density at radius 2 is 1.80 bits per heavy atom. The van der Waals surface area contributed by atoms with Crippen LogP contribution in [-0.2, 0) is 6.42 Å². The average Bonchev–Trinajstić information content (AvgIpc) is 3.06. The molecule has 2 unspecified atom stereocenters. The lowest BCUT2D eigenvalue weighted by Gasteiger charge is -2.33. The quantitative estimate of drug-likeness (QED) is 0.848. The fraction of sp³-hybridized carbons (Fsp3) is 0.429. The lowest BCUT2D eigenvalue weighted by molar-refractivity contribution is 0.126. The molecule has 0 spiro atoms. The van der Waals surface area contributed by atoms with Crippen LogP contribution in [0.4, 0.5) is 0 Å². The first-order chi connectivity index (χ1) is 12.1. The molecule has 2 N–H and O–H groups in total. The van der Waals surface area contributed by atoms with Crippen LogP contribution in [0.15, 0.2) is 42.5 Å². The zero-order chi connectivity index (χ0) is 17.9. The van der Waals surface area contributed by atoms with E-state index in [1.54, 1.807) is 14.2 Å². The molecule has 2 atom stereocenters. The number of hydrogen-bond acceptors (Lipinski definition) is 4. The fourth-order valence-corrected chi connectivity index (χ4v) is 3.88. The van der Waals surface area contributed by atoms with Gasteiger partial charge >= 0.3 is 0 Å². The molecule has 1 fully saturated rings. The Balaban J connectivity index is 1.90. The zero-order valence-electron chi connectivity index (χ0n) is 15.2. The summed E-state index contributed by atoms with van der Waals surface area (Å²) in [5, 5.41) is 13.8. The monoisotopic (exact) mass is 341 g/mol. The van der Waals surface area contributed by atoms with Crippen molar-refractivity contribution < 1.29 is 14.6 Å². The molecule has 4 heteroatoms. The first kappa shape index (κ1) is 17.8. The van der Waals surface area contributed by atoms with Crippen LogP contribution in [0, 0.1) is 12.3 Å². The number of methoxy groups -OCH3 is 2. The van der Waals surface area contributed by atoms with Gasteiger partial charge in [0.2, 0.25) is 0 Å². The van der Waals surface area contributed by atoms with Crippen LogP contribution in [0.5, 0.6) is 11.5 Å². The van der Waals surface area contributed by atoms with Crippen molar-refractivity contribution >= 4 is 0 Å². The number of nitrogens with one attached hydrogen (secondary N) is 1. The van der Waals surface area contributed by atoms with Crippen LogP contribution in [0.25, 0.3) is 0 Å². The molecule has 0 saturated carbocycles. The molecule has 1 aliphatic heterocycles. The molecule has 134 valence electrons. The first-order valence-electron chi connectivity index (χ1n) is 8.71. The summed E-state index contributed by atoms with van der Waals surface area (Å²) in [5.74, 6) is 1.74. The van der Waals surface area contributed by atoms with E-state index in [-0.39, 0.29) is 17.9 Å². The van der Waals surface area contributed by atoms with Crippen LogP contribution in [0.1, 0.15) is 22.6 Å². The second-order valence-corrected chi connectivity index (χ2v) is 6.98. The van der Waals surface area contributed by atoms with E-state index < -0.39 is 0 Å². The third kappa shape index (κ3) is 3.51. The van der Waals surface area contributed by atoms with Gasteiger partial charge in [-0.15, -0.1) is 0 Å². The molecule has 1 heterocycles. The Labute approximate surface area is 149 Å². The van der Waals surface area contributed by atoms with E-state index in [2.05, 4.69) is 42.6 Å². The van der Waals surface area contributed by atoms with Crippen molar-refractivity contribution in [3.8, 4) is 11.5 Å². The molecular formula is C21H27NO3. The molecule has 0 bridgehead atoms. The van der Waals surface area contributed by atoms with Gasteiger partial charge in [0.15, 0.2) is 11.5 Å². The van der Waals surface area contributed by atoms with E-state index in [0.717, 1.165) is 36.6 Å². The highest BCUT2D eigenvalue weighted by Crippen LogP contribution is 2.42. The zero-order valence-corrected chi connectivity index (χ0v) is 15.2. The summed E-state index contributed by atoms with van der Waals surface area (Å²) in [6.45, 7) is 3.93. The first-order valence-corrected chi connectivity index (χ1v) is 8.71. The van der Waals surface area contributed by atoms with E-state index in [1.165, 1.54) is 11.1 Å². The molecule has 0 aromatic heterocycles. The molecule has 0 aliphatic carbocycles. The maximum Gasteiger partial charge on any atom is 0.160 e. The van der Waals surface area contributed by atoms with Crippen molar-refractivity contribution in [2.75, 3.05) is 33.9 Å². The Bertz CT molecular complexity index is 714. The van der Waals surface area contributed by atoms with Crippen molar-refractivity contribution in [1.29, 1.82) is 0 Å². The van der Waals surface area contributed by atoms with Crippen molar-refractivity contribution in [3.63, 3.8) is 0 Å². The van der Waals surface area contributed by atoms with E-state index in [0.29, 0.717) is 0 Å². The Hall–Kier alpha value is -2.04. The van der Waals surface area contributed by atoms with Gasteiger partial charge in [0.25, 0.3) is 0 Å². The highest BCUT2D eigenvalue weighted by Gasteiger charge is 2.43. The molecule has 2 aromatic rings. The largest absolute Gasteiger partial charge is 0.493 e. The lowest BCUT2D eigenvalue weighted by atomic mass is 9.71. The van der Waals surface area contributed by atoms with Gasteiger partial charge in [-0.05, 0) is 36.6 Å². The van der Waals surface area contributed by atoms with Crippen LogP contribution < -0.4 is 14.8 Å². The van der Waals surface area contributed by atoms with Crippen molar-refractivity contribution in [3.05, 3.63) is 59.2 Å². The van der Waals surface area contributed by atoms with Crippen molar-refractivity contribution in [1.82, 2.24) is 5.32 Å². The molecule has 25 heavy (non-hydrogen) atoms. The number of aryl methyl sites for hydroxylation is 1. The van der Waals surface area contributed by atoms with E-state index in [4.69, 9.17) is 9.47 Å². The second-order valence-electron chi connectivity index (χ2n) is 6.98. The fourth-order valence-electron chi connectivity index (χ4n) is 3.88. The minimum Gasteiger partial charge on any atom is -0.493 e. The van der Waals surface area contributed by atoms with Crippen molar-refractivity contribution in [2.24, 2.45) is 5.41 Å². The highest BCUT2D eigenvalue weighted by atomic mass is 16.5. The average molecular weight is 341 g/mol. The van der Waals surface area contributed by atoms with Gasteiger partial charge < -0.3 is 19.9 Å². The van der Waals surface area contributed by atoms with Crippen molar-refractivity contribution in [2.45, 2.75) is 19.3 Å². The maximum absolute atomic E-state index is 10.3. The number of benzene rings is 2. The van der Waals surface area contributed by atoms with E-state index in [1.807, 2.05) is 12.1 Å². The van der Waals surface area contributed by atoms with Gasteiger partial charge in [0, 0.05) is 24.4 Å².